The predicted octanol–water partition coefficient (Wildman–Crippen LogP) is -0.0870. The van der Waals surface area contributed by atoms with Crippen molar-refractivity contribution < 1.29 is 9.59 Å². The molecule has 98 valence electrons. The smallest absolute Gasteiger partial charge is 0.269 e. The Kier molecular flexibility index (Phi) is 3.19. The zero-order valence-electron chi connectivity index (χ0n) is 10.3. The maximum Gasteiger partial charge on any atom is 0.269 e. The lowest BCUT2D eigenvalue weighted by Crippen LogP contribution is -2.20. The predicted molar refractivity (Wildman–Crippen MR) is 69.9 cm³/mol. The standard InChI is InChI=1S/C12H13N5O2/c1-15-12(19)8-3-2-7(13)6-10(8)17-5-4-9(16-17)11(14)18/h2-6H,13H2,1H3,(H2,14,18)(H,15,19). The maximum atomic E-state index is 11.8. The molecular formula is C12H13N5O2. The van der Waals surface area contributed by atoms with Crippen LogP contribution in [0.5, 0.6) is 0 Å². The molecule has 0 aliphatic carbocycles. The van der Waals surface area contributed by atoms with Crippen LogP contribution in [-0.4, -0.2) is 28.6 Å². The molecule has 2 amide bonds. The normalized spacial score (nSPS) is 10.2. The van der Waals surface area contributed by atoms with Gasteiger partial charge in [-0.1, -0.05) is 0 Å². The number of nitrogens with one attached hydrogen (secondary N) is 1. The Labute approximate surface area is 109 Å². The molecule has 1 aromatic heterocycles. The van der Waals surface area contributed by atoms with Gasteiger partial charge in [0.2, 0.25) is 0 Å². The number of nitrogens with two attached hydrogens (primary N) is 2. The molecule has 0 saturated heterocycles. The van der Waals surface area contributed by atoms with Crippen LogP contribution in [0.15, 0.2) is 30.5 Å². The van der Waals surface area contributed by atoms with E-state index in [0.717, 1.165) is 0 Å². The van der Waals surface area contributed by atoms with Crippen molar-refractivity contribution >= 4 is 17.5 Å². The number of hydrogen-bond donors (Lipinski definition) is 3. The number of hydrogen-bond acceptors (Lipinski definition) is 4. The minimum absolute atomic E-state index is 0.116. The quantitative estimate of drug-likeness (QED) is 0.668. The third-order valence-corrected chi connectivity index (χ3v) is 2.58. The topological polar surface area (TPSA) is 116 Å². The zero-order valence-corrected chi connectivity index (χ0v) is 10.3. The van der Waals surface area contributed by atoms with Gasteiger partial charge < -0.3 is 16.8 Å². The molecule has 0 spiro atoms. The lowest BCUT2D eigenvalue weighted by atomic mass is 10.1. The number of carbonyl (C=O) groups is 2. The lowest BCUT2D eigenvalue weighted by Gasteiger charge is -2.09. The third-order valence-electron chi connectivity index (χ3n) is 2.58. The molecule has 5 N–H and O–H groups in total. The first-order valence-corrected chi connectivity index (χ1v) is 5.50. The minimum atomic E-state index is -0.635. The van der Waals surface area contributed by atoms with Crippen molar-refractivity contribution in [2.75, 3.05) is 12.8 Å². The van der Waals surface area contributed by atoms with Crippen LogP contribution in [0.25, 0.3) is 5.69 Å². The Balaban J connectivity index is 2.55. The third kappa shape index (κ3) is 2.39. The van der Waals surface area contributed by atoms with Crippen LogP contribution < -0.4 is 16.8 Å². The van der Waals surface area contributed by atoms with Crippen molar-refractivity contribution in [3.8, 4) is 5.69 Å². The summed E-state index contributed by atoms with van der Waals surface area (Å²) in [6.45, 7) is 0. The highest BCUT2D eigenvalue weighted by molar-refractivity contribution is 5.98. The van der Waals surface area contributed by atoms with E-state index < -0.39 is 5.91 Å². The highest BCUT2D eigenvalue weighted by atomic mass is 16.2. The summed E-state index contributed by atoms with van der Waals surface area (Å²) in [7, 11) is 1.53. The number of nitrogens with zero attached hydrogens (tertiary/aromatic N) is 2. The Hall–Kier alpha value is -2.83. The number of anilines is 1. The van der Waals surface area contributed by atoms with Crippen LogP contribution >= 0.6 is 0 Å². The molecule has 0 bridgehead atoms. The molecule has 0 aliphatic heterocycles. The van der Waals surface area contributed by atoms with E-state index in [0.29, 0.717) is 16.9 Å². The Bertz CT molecular complexity index is 647. The number of nitrogen functional groups attached to an aromatic ring is 1. The second kappa shape index (κ2) is 4.81. The van der Waals surface area contributed by atoms with Crippen LogP contribution in [0.3, 0.4) is 0 Å². The van der Waals surface area contributed by atoms with Gasteiger partial charge in [-0.05, 0) is 24.3 Å². The van der Waals surface area contributed by atoms with Crippen LogP contribution in [0, 0.1) is 0 Å². The zero-order chi connectivity index (χ0) is 14.0. The van der Waals surface area contributed by atoms with Crippen molar-refractivity contribution in [3.05, 3.63) is 41.7 Å². The molecule has 19 heavy (non-hydrogen) atoms. The van der Waals surface area contributed by atoms with Crippen molar-refractivity contribution in [2.45, 2.75) is 0 Å². The molecule has 1 aromatic carbocycles. The van der Waals surface area contributed by atoms with Gasteiger partial charge in [0.05, 0.1) is 11.3 Å². The van der Waals surface area contributed by atoms with Crippen LogP contribution in [0.4, 0.5) is 5.69 Å². The van der Waals surface area contributed by atoms with Gasteiger partial charge in [0, 0.05) is 18.9 Å². The van der Waals surface area contributed by atoms with E-state index in [1.54, 1.807) is 24.4 Å². The molecule has 0 aliphatic rings. The van der Waals surface area contributed by atoms with Crippen molar-refractivity contribution in [1.29, 1.82) is 0 Å². The van der Waals surface area contributed by atoms with Gasteiger partial charge in [-0.2, -0.15) is 5.10 Å². The van der Waals surface area contributed by atoms with Gasteiger partial charge in [-0.25, -0.2) is 4.68 Å². The molecule has 7 nitrogen and oxygen atoms in total. The summed E-state index contributed by atoms with van der Waals surface area (Å²) in [5.41, 5.74) is 12.3. The van der Waals surface area contributed by atoms with E-state index in [1.807, 2.05) is 0 Å². The first-order chi connectivity index (χ1) is 9.02. The van der Waals surface area contributed by atoms with Crippen LogP contribution in [0.1, 0.15) is 20.8 Å². The van der Waals surface area contributed by atoms with Gasteiger partial charge in [-0.15, -0.1) is 0 Å². The molecule has 0 unspecified atom stereocenters. The number of aromatic nitrogens is 2. The summed E-state index contributed by atoms with van der Waals surface area (Å²) in [5.74, 6) is -0.907. The summed E-state index contributed by atoms with van der Waals surface area (Å²) < 4.78 is 1.39. The second-order valence-electron chi connectivity index (χ2n) is 3.87. The van der Waals surface area contributed by atoms with Crippen molar-refractivity contribution in [3.63, 3.8) is 0 Å². The molecule has 0 fully saturated rings. The van der Waals surface area contributed by atoms with Gasteiger partial charge in [-0.3, -0.25) is 9.59 Å². The largest absolute Gasteiger partial charge is 0.399 e. The summed E-state index contributed by atoms with van der Waals surface area (Å²) in [6, 6.07) is 6.28. The summed E-state index contributed by atoms with van der Waals surface area (Å²) in [4.78, 5) is 22.8. The number of carbonyl (C=O) groups excluding carboxylic acids is 2. The fourth-order valence-corrected chi connectivity index (χ4v) is 1.65. The van der Waals surface area contributed by atoms with Gasteiger partial charge >= 0.3 is 0 Å². The number of amides is 2. The first-order valence-electron chi connectivity index (χ1n) is 5.50. The summed E-state index contributed by atoms with van der Waals surface area (Å²) >= 11 is 0. The van der Waals surface area contributed by atoms with Crippen LogP contribution in [-0.2, 0) is 0 Å². The Morgan fingerprint density at radius 2 is 2.05 bits per heavy atom. The number of primary amides is 1. The molecule has 7 heteroatoms. The van der Waals surface area contributed by atoms with Gasteiger partial charge in [0.15, 0.2) is 0 Å². The highest BCUT2D eigenvalue weighted by Gasteiger charge is 2.14. The van der Waals surface area contributed by atoms with E-state index in [9.17, 15) is 9.59 Å². The van der Waals surface area contributed by atoms with E-state index in [4.69, 9.17) is 11.5 Å². The molecule has 2 rings (SSSR count). The monoisotopic (exact) mass is 259 g/mol. The van der Waals surface area contributed by atoms with Crippen molar-refractivity contribution in [1.82, 2.24) is 15.1 Å². The summed E-state index contributed by atoms with van der Waals surface area (Å²) in [5, 5.41) is 6.53. The minimum Gasteiger partial charge on any atom is -0.399 e. The highest BCUT2D eigenvalue weighted by Crippen LogP contribution is 2.18. The fraction of sp³-hybridized carbons (Fsp3) is 0.0833. The fourth-order valence-electron chi connectivity index (χ4n) is 1.65. The van der Waals surface area contributed by atoms with E-state index in [1.165, 1.54) is 17.8 Å². The average Bonchev–Trinajstić information content (AvgIpc) is 2.87. The first kappa shape index (κ1) is 12.6. The second-order valence-corrected chi connectivity index (χ2v) is 3.87. The molecule has 0 saturated carbocycles. The van der Waals surface area contributed by atoms with Gasteiger partial charge in [0.1, 0.15) is 5.69 Å². The maximum absolute atomic E-state index is 11.8. The summed E-state index contributed by atoms with van der Waals surface area (Å²) in [6.07, 6.45) is 1.54. The molecule has 2 aromatic rings. The van der Waals surface area contributed by atoms with E-state index in [-0.39, 0.29) is 11.6 Å². The molecular weight excluding hydrogens is 246 g/mol. The van der Waals surface area contributed by atoms with Crippen LogP contribution in [0.2, 0.25) is 0 Å². The molecule has 0 radical (unpaired) electrons. The van der Waals surface area contributed by atoms with E-state index >= 15 is 0 Å². The van der Waals surface area contributed by atoms with Crippen molar-refractivity contribution in [2.24, 2.45) is 5.73 Å². The number of rotatable bonds is 3. The Morgan fingerprint density at radius 3 is 2.63 bits per heavy atom. The molecule has 0 atom stereocenters. The SMILES string of the molecule is CNC(=O)c1ccc(N)cc1-n1ccc(C(N)=O)n1. The van der Waals surface area contributed by atoms with E-state index in [2.05, 4.69) is 10.4 Å². The van der Waals surface area contributed by atoms with Gasteiger partial charge in [0.25, 0.3) is 11.8 Å². The average molecular weight is 259 g/mol. The molecule has 1 heterocycles. The Morgan fingerprint density at radius 1 is 1.32 bits per heavy atom. The lowest BCUT2D eigenvalue weighted by molar-refractivity contribution is 0.0961. The number of benzene rings is 1.